The molecule has 3 heteroatoms. The van der Waals surface area contributed by atoms with Crippen molar-refractivity contribution in [1.82, 2.24) is 0 Å². The van der Waals surface area contributed by atoms with E-state index in [0.29, 0.717) is 0 Å². The van der Waals surface area contributed by atoms with Gasteiger partial charge in [-0.25, -0.2) is 0 Å². The van der Waals surface area contributed by atoms with Crippen molar-refractivity contribution in [2.45, 2.75) is 72.3 Å². The number of hydrogen-bond donors (Lipinski definition) is 2. The van der Waals surface area contributed by atoms with Crippen LogP contribution in [0.15, 0.2) is 59.6 Å². The van der Waals surface area contributed by atoms with Crippen molar-refractivity contribution >= 4 is 16.5 Å². The predicted molar refractivity (Wildman–Crippen MR) is 141 cm³/mol. The molecule has 0 aliphatic rings. The molecule has 2 N–H and O–H groups in total. The fourth-order valence-electron chi connectivity index (χ4n) is 4.10. The molecule has 0 unspecified atom stereocenters. The molecule has 0 saturated heterocycles. The highest BCUT2D eigenvalue weighted by atomic mass is 16.3. The average Bonchev–Trinajstić information content (AvgIpc) is 2.73. The summed E-state index contributed by atoms with van der Waals surface area (Å²) in [6.07, 6.45) is 0. The molecule has 0 saturated carbocycles. The number of rotatable bonds is 5. The summed E-state index contributed by atoms with van der Waals surface area (Å²) >= 11 is 0. The first-order valence-corrected chi connectivity index (χ1v) is 11.9. The van der Waals surface area contributed by atoms with Crippen molar-refractivity contribution in [3.63, 3.8) is 0 Å². The number of benzene rings is 3. The molecule has 0 heterocycles. The minimum absolute atomic E-state index is 0.0439. The van der Waals surface area contributed by atoms with Crippen LogP contribution in [0.5, 0.6) is 5.75 Å². The third-order valence-corrected chi connectivity index (χ3v) is 6.34. The van der Waals surface area contributed by atoms with Gasteiger partial charge in [0, 0.05) is 16.7 Å². The summed E-state index contributed by atoms with van der Waals surface area (Å²) in [6.45, 7) is 17.0. The van der Waals surface area contributed by atoms with E-state index in [1.54, 1.807) is 0 Å². The molecule has 0 aliphatic heterocycles. The topological polar surface area (TPSA) is 52.8 Å². The molecule has 3 aromatic carbocycles. The zero-order chi connectivity index (χ0) is 24.6. The van der Waals surface area contributed by atoms with Gasteiger partial charge >= 0.3 is 0 Å². The lowest BCUT2D eigenvalue weighted by atomic mass is 9.77. The second kappa shape index (κ2) is 9.30. The van der Waals surface area contributed by atoms with Crippen LogP contribution in [0.25, 0.3) is 10.8 Å². The Morgan fingerprint density at radius 2 is 1.48 bits per heavy atom. The lowest BCUT2D eigenvalue weighted by Crippen LogP contribution is -2.23. The minimum Gasteiger partial charge on any atom is -0.507 e. The summed E-state index contributed by atoms with van der Waals surface area (Å²) in [5, 5.41) is 23.9. The Balaban J connectivity index is 2.45. The van der Waals surface area contributed by atoms with E-state index in [1.807, 2.05) is 18.2 Å². The number of aliphatic hydroxyl groups excluding tert-OH is 1. The van der Waals surface area contributed by atoms with Crippen molar-refractivity contribution in [1.29, 1.82) is 0 Å². The second-order valence-corrected chi connectivity index (χ2v) is 11.4. The van der Waals surface area contributed by atoms with Crippen LogP contribution in [-0.4, -0.2) is 28.6 Å². The second-order valence-electron chi connectivity index (χ2n) is 11.4. The minimum atomic E-state index is -0.269. The highest BCUT2D eigenvalue weighted by Crippen LogP contribution is 2.39. The number of phenolic OH excluding ortho intramolecular Hbond substituents is 1. The Bertz CT molecular complexity index is 1150. The molecule has 1 atom stereocenters. The van der Waals surface area contributed by atoms with Crippen LogP contribution in [-0.2, 0) is 10.8 Å². The molecule has 3 nitrogen and oxygen atoms in total. The van der Waals surface area contributed by atoms with Gasteiger partial charge in [0.25, 0.3) is 0 Å². The highest BCUT2D eigenvalue weighted by molar-refractivity contribution is 6.20. The molecule has 0 bridgehead atoms. The Kier molecular flexibility index (Phi) is 7.04. The molecule has 0 spiro atoms. The molecule has 176 valence electrons. The summed E-state index contributed by atoms with van der Waals surface area (Å²) < 4.78 is 0. The van der Waals surface area contributed by atoms with Crippen molar-refractivity contribution in [2.24, 2.45) is 10.9 Å². The van der Waals surface area contributed by atoms with E-state index in [1.165, 1.54) is 0 Å². The number of phenols is 1. The van der Waals surface area contributed by atoms with Gasteiger partial charge in [0.2, 0.25) is 0 Å². The molecule has 0 fully saturated rings. The van der Waals surface area contributed by atoms with Crippen LogP contribution >= 0.6 is 0 Å². The highest BCUT2D eigenvalue weighted by Gasteiger charge is 2.28. The molecule has 0 aliphatic carbocycles. The quantitative estimate of drug-likeness (QED) is 0.416. The number of aromatic hydroxyl groups is 1. The van der Waals surface area contributed by atoms with Crippen LogP contribution in [0.3, 0.4) is 0 Å². The van der Waals surface area contributed by atoms with E-state index in [4.69, 9.17) is 4.99 Å². The van der Waals surface area contributed by atoms with Crippen molar-refractivity contribution in [2.75, 3.05) is 6.61 Å². The summed E-state index contributed by atoms with van der Waals surface area (Å²) in [6, 6.07) is 18.4. The number of aliphatic hydroxyl groups is 1. The van der Waals surface area contributed by atoms with Crippen molar-refractivity contribution in [3.05, 3.63) is 76.9 Å². The Labute approximate surface area is 199 Å². The summed E-state index contributed by atoms with van der Waals surface area (Å²) in [4.78, 5) is 5.10. The van der Waals surface area contributed by atoms with E-state index >= 15 is 0 Å². The molecule has 0 aromatic heterocycles. The maximum atomic E-state index is 11.6. The Morgan fingerprint density at radius 1 is 0.848 bits per heavy atom. The van der Waals surface area contributed by atoms with Gasteiger partial charge < -0.3 is 10.2 Å². The normalized spacial score (nSPS) is 14.2. The number of hydrogen-bond acceptors (Lipinski definition) is 3. The van der Waals surface area contributed by atoms with Crippen LogP contribution in [0, 0.1) is 5.92 Å². The Morgan fingerprint density at radius 3 is 2.06 bits per heavy atom. The number of aliphatic imine (C=N–C) groups is 1. The first-order chi connectivity index (χ1) is 15.3. The molecule has 0 radical (unpaired) electrons. The first kappa shape index (κ1) is 25.0. The molecule has 3 aromatic rings. The van der Waals surface area contributed by atoms with Crippen LogP contribution < -0.4 is 0 Å². The Hall–Kier alpha value is -2.65. The van der Waals surface area contributed by atoms with Gasteiger partial charge in [0.05, 0.1) is 18.4 Å². The standard InChI is InChI=1S/C30H39NO2/c1-19(2)26(18-32)31-27(23-15-11-13-20-12-9-10-14-22(20)23)24-16-21(29(3,4)5)17-25(28(24)33)30(6,7)8/h9-17,19,26,32-33H,18H2,1-8H3/t26-/m1/s1. The van der Waals surface area contributed by atoms with E-state index in [2.05, 4.69) is 91.8 Å². The third kappa shape index (κ3) is 5.30. The molecule has 3 rings (SSSR count). The van der Waals surface area contributed by atoms with Gasteiger partial charge in [-0.05, 0) is 39.2 Å². The van der Waals surface area contributed by atoms with Crippen LogP contribution in [0.2, 0.25) is 0 Å². The van der Waals surface area contributed by atoms with E-state index < -0.39 is 0 Å². The zero-order valence-corrected chi connectivity index (χ0v) is 21.4. The fraction of sp³-hybridized carbons (Fsp3) is 0.433. The third-order valence-electron chi connectivity index (χ3n) is 6.34. The van der Waals surface area contributed by atoms with E-state index in [9.17, 15) is 10.2 Å². The zero-order valence-electron chi connectivity index (χ0n) is 21.4. The summed E-state index contributed by atoms with van der Waals surface area (Å²) in [5.41, 5.74) is 4.14. The van der Waals surface area contributed by atoms with Gasteiger partial charge in [-0.15, -0.1) is 0 Å². The smallest absolute Gasteiger partial charge is 0.128 e. The summed E-state index contributed by atoms with van der Waals surface area (Å²) in [7, 11) is 0. The lowest BCUT2D eigenvalue weighted by Gasteiger charge is -2.28. The first-order valence-electron chi connectivity index (χ1n) is 11.9. The van der Waals surface area contributed by atoms with E-state index in [0.717, 1.165) is 38.7 Å². The molecule has 33 heavy (non-hydrogen) atoms. The van der Waals surface area contributed by atoms with Crippen LogP contribution in [0.4, 0.5) is 0 Å². The van der Waals surface area contributed by atoms with Crippen LogP contribution in [0.1, 0.15) is 77.6 Å². The van der Waals surface area contributed by atoms with Gasteiger partial charge in [-0.2, -0.15) is 0 Å². The lowest BCUT2D eigenvalue weighted by molar-refractivity contribution is 0.240. The molecular weight excluding hydrogens is 406 g/mol. The fourth-order valence-corrected chi connectivity index (χ4v) is 4.10. The average molecular weight is 446 g/mol. The predicted octanol–water partition coefficient (Wildman–Crippen LogP) is 6.99. The maximum Gasteiger partial charge on any atom is 0.128 e. The van der Waals surface area contributed by atoms with Gasteiger partial charge in [-0.3, -0.25) is 4.99 Å². The largest absolute Gasteiger partial charge is 0.507 e. The van der Waals surface area contributed by atoms with Crippen molar-refractivity contribution < 1.29 is 10.2 Å². The number of fused-ring (bicyclic) bond motifs is 1. The van der Waals surface area contributed by atoms with Crippen molar-refractivity contribution in [3.8, 4) is 5.75 Å². The SMILES string of the molecule is CC(C)[C@@H](CO)N=C(c1cc(C(C)(C)C)cc(C(C)(C)C)c1O)c1cccc2ccccc12. The number of nitrogens with zero attached hydrogens (tertiary/aromatic N) is 1. The van der Waals surface area contributed by atoms with Gasteiger partial charge in [-0.1, -0.05) is 104 Å². The maximum absolute atomic E-state index is 11.6. The van der Waals surface area contributed by atoms with E-state index in [-0.39, 0.29) is 35.1 Å². The van der Waals surface area contributed by atoms with Gasteiger partial charge in [0.15, 0.2) is 0 Å². The van der Waals surface area contributed by atoms with Gasteiger partial charge in [0.1, 0.15) is 5.75 Å². The molecule has 0 amide bonds. The summed E-state index contributed by atoms with van der Waals surface area (Å²) in [5.74, 6) is 0.428. The molecular formula is C30H39NO2. The monoisotopic (exact) mass is 445 g/mol.